The Bertz CT molecular complexity index is 260. The molecule has 0 bridgehead atoms. The first-order valence-electron chi connectivity index (χ1n) is 6.10. The highest BCUT2D eigenvalue weighted by atomic mass is 16.5. The van der Waals surface area contributed by atoms with Gasteiger partial charge in [0, 0.05) is 26.1 Å². The summed E-state index contributed by atoms with van der Waals surface area (Å²) in [5.41, 5.74) is 0. The Hall–Kier alpha value is -0.870. The molecule has 0 aromatic heterocycles. The van der Waals surface area contributed by atoms with Crippen LogP contribution >= 0.6 is 0 Å². The van der Waals surface area contributed by atoms with Crippen LogP contribution < -0.4 is 10.6 Å². The van der Waals surface area contributed by atoms with Crippen molar-refractivity contribution in [3.63, 3.8) is 0 Å². The molecule has 2 unspecified atom stereocenters. The van der Waals surface area contributed by atoms with E-state index in [4.69, 9.17) is 4.74 Å². The van der Waals surface area contributed by atoms with Crippen molar-refractivity contribution in [2.75, 3.05) is 26.2 Å². The minimum Gasteiger partial charge on any atom is -0.374 e. The molecule has 0 radical (unpaired) electrons. The standard InChI is InChI=1S/C12H20N2O2/c15-12(7-10-3-1-2-4-10)14-9-11-8-13-5-6-16-11/h1,3,10-11,13H,2,4-9H2,(H,14,15). The normalized spacial score (nSPS) is 29.2. The van der Waals surface area contributed by atoms with Gasteiger partial charge in [-0.1, -0.05) is 12.2 Å². The molecule has 1 heterocycles. The molecule has 1 aliphatic heterocycles. The van der Waals surface area contributed by atoms with Crippen LogP contribution in [-0.4, -0.2) is 38.3 Å². The van der Waals surface area contributed by atoms with Crippen molar-refractivity contribution in [3.8, 4) is 0 Å². The summed E-state index contributed by atoms with van der Waals surface area (Å²) in [6.07, 6.45) is 7.31. The van der Waals surface area contributed by atoms with E-state index >= 15 is 0 Å². The second-order valence-corrected chi connectivity index (χ2v) is 4.47. The van der Waals surface area contributed by atoms with Crippen molar-refractivity contribution in [2.45, 2.75) is 25.4 Å². The number of hydrogen-bond donors (Lipinski definition) is 2. The van der Waals surface area contributed by atoms with Crippen molar-refractivity contribution >= 4 is 5.91 Å². The summed E-state index contributed by atoms with van der Waals surface area (Å²) in [7, 11) is 0. The quantitative estimate of drug-likeness (QED) is 0.682. The highest BCUT2D eigenvalue weighted by Crippen LogP contribution is 2.19. The van der Waals surface area contributed by atoms with Crippen LogP contribution in [0.1, 0.15) is 19.3 Å². The molecule has 90 valence electrons. The van der Waals surface area contributed by atoms with E-state index in [0.29, 0.717) is 18.9 Å². The summed E-state index contributed by atoms with van der Waals surface area (Å²) in [5.74, 6) is 0.594. The molecular weight excluding hydrogens is 204 g/mol. The number of allylic oxidation sites excluding steroid dienone is 2. The minimum atomic E-state index is 0.136. The summed E-state index contributed by atoms with van der Waals surface area (Å²) in [5, 5.41) is 6.19. The van der Waals surface area contributed by atoms with Crippen LogP contribution in [0.25, 0.3) is 0 Å². The maximum absolute atomic E-state index is 11.6. The Morgan fingerprint density at radius 1 is 1.56 bits per heavy atom. The number of morpholine rings is 1. The van der Waals surface area contributed by atoms with Gasteiger partial charge in [0.15, 0.2) is 0 Å². The maximum Gasteiger partial charge on any atom is 0.220 e. The zero-order valence-corrected chi connectivity index (χ0v) is 9.58. The molecule has 0 aromatic rings. The van der Waals surface area contributed by atoms with Gasteiger partial charge in [-0.2, -0.15) is 0 Å². The molecule has 1 aliphatic carbocycles. The van der Waals surface area contributed by atoms with Gasteiger partial charge < -0.3 is 15.4 Å². The molecule has 2 rings (SSSR count). The zero-order chi connectivity index (χ0) is 11.2. The van der Waals surface area contributed by atoms with Gasteiger partial charge in [0.1, 0.15) is 0 Å². The second-order valence-electron chi connectivity index (χ2n) is 4.47. The molecule has 2 aliphatic rings. The molecule has 2 N–H and O–H groups in total. The predicted molar refractivity (Wildman–Crippen MR) is 62.1 cm³/mol. The van der Waals surface area contributed by atoms with Crippen LogP contribution in [0, 0.1) is 5.92 Å². The lowest BCUT2D eigenvalue weighted by atomic mass is 10.1. The monoisotopic (exact) mass is 224 g/mol. The molecule has 0 aromatic carbocycles. The number of carbonyl (C=O) groups excluding carboxylic acids is 1. The first-order chi connectivity index (χ1) is 7.84. The Balaban J connectivity index is 1.61. The average molecular weight is 224 g/mol. The lowest BCUT2D eigenvalue weighted by molar-refractivity contribution is -0.122. The Morgan fingerprint density at radius 2 is 2.50 bits per heavy atom. The number of nitrogens with one attached hydrogen (secondary N) is 2. The Kier molecular flexibility index (Phi) is 4.36. The van der Waals surface area contributed by atoms with Crippen molar-refractivity contribution in [2.24, 2.45) is 5.92 Å². The van der Waals surface area contributed by atoms with Gasteiger partial charge in [0.2, 0.25) is 5.91 Å². The van der Waals surface area contributed by atoms with Crippen LogP contribution in [0.15, 0.2) is 12.2 Å². The second kappa shape index (κ2) is 6.01. The van der Waals surface area contributed by atoms with Gasteiger partial charge in [-0.15, -0.1) is 0 Å². The van der Waals surface area contributed by atoms with E-state index in [0.717, 1.165) is 32.5 Å². The average Bonchev–Trinajstić information content (AvgIpc) is 2.81. The molecule has 4 nitrogen and oxygen atoms in total. The fourth-order valence-electron chi connectivity index (χ4n) is 2.15. The highest BCUT2D eigenvalue weighted by Gasteiger charge is 2.17. The van der Waals surface area contributed by atoms with Crippen LogP contribution in [0.2, 0.25) is 0 Å². The fraction of sp³-hybridized carbons (Fsp3) is 0.750. The first kappa shape index (κ1) is 11.6. The summed E-state index contributed by atoms with van der Waals surface area (Å²) in [4.78, 5) is 11.6. The van der Waals surface area contributed by atoms with Crippen molar-refractivity contribution < 1.29 is 9.53 Å². The Labute approximate surface area is 96.4 Å². The number of ether oxygens (including phenoxy) is 1. The van der Waals surface area contributed by atoms with Crippen molar-refractivity contribution in [1.82, 2.24) is 10.6 Å². The molecular formula is C12H20N2O2. The summed E-state index contributed by atoms with van der Waals surface area (Å²) in [6, 6.07) is 0. The SMILES string of the molecule is O=C(CC1C=CCC1)NCC1CNCCO1. The lowest BCUT2D eigenvalue weighted by Gasteiger charge is -2.23. The van der Waals surface area contributed by atoms with Gasteiger partial charge in [0.25, 0.3) is 0 Å². The Morgan fingerprint density at radius 3 is 3.19 bits per heavy atom. The predicted octanol–water partition coefficient (Wildman–Crippen LogP) is 0.447. The van der Waals surface area contributed by atoms with Crippen LogP contribution in [-0.2, 0) is 9.53 Å². The number of hydrogen-bond acceptors (Lipinski definition) is 3. The maximum atomic E-state index is 11.6. The van der Waals surface area contributed by atoms with E-state index < -0.39 is 0 Å². The third kappa shape index (κ3) is 3.61. The third-order valence-corrected chi connectivity index (χ3v) is 3.09. The molecule has 0 saturated carbocycles. The summed E-state index contributed by atoms with van der Waals surface area (Å²) in [6.45, 7) is 3.12. The van der Waals surface area contributed by atoms with E-state index in [1.165, 1.54) is 0 Å². The van der Waals surface area contributed by atoms with Crippen LogP contribution in [0.3, 0.4) is 0 Å². The smallest absolute Gasteiger partial charge is 0.220 e. The number of amides is 1. The largest absolute Gasteiger partial charge is 0.374 e. The fourth-order valence-corrected chi connectivity index (χ4v) is 2.15. The van der Waals surface area contributed by atoms with E-state index in [1.54, 1.807) is 0 Å². The van der Waals surface area contributed by atoms with Gasteiger partial charge in [-0.25, -0.2) is 0 Å². The number of carbonyl (C=O) groups is 1. The first-order valence-corrected chi connectivity index (χ1v) is 6.10. The van der Waals surface area contributed by atoms with Crippen LogP contribution in [0.4, 0.5) is 0 Å². The molecule has 1 saturated heterocycles. The molecule has 1 amide bonds. The van der Waals surface area contributed by atoms with E-state index in [2.05, 4.69) is 22.8 Å². The third-order valence-electron chi connectivity index (χ3n) is 3.09. The topological polar surface area (TPSA) is 50.4 Å². The van der Waals surface area contributed by atoms with E-state index in [-0.39, 0.29) is 12.0 Å². The van der Waals surface area contributed by atoms with Gasteiger partial charge in [-0.3, -0.25) is 4.79 Å². The summed E-state index contributed by atoms with van der Waals surface area (Å²) >= 11 is 0. The molecule has 1 fully saturated rings. The van der Waals surface area contributed by atoms with Gasteiger partial charge in [-0.05, 0) is 18.8 Å². The van der Waals surface area contributed by atoms with Crippen molar-refractivity contribution in [3.05, 3.63) is 12.2 Å². The molecule has 4 heteroatoms. The van der Waals surface area contributed by atoms with Crippen molar-refractivity contribution in [1.29, 1.82) is 0 Å². The van der Waals surface area contributed by atoms with Gasteiger partial charge >= 0.3 is 0 Å². The van der Waals surface area contributed by atoms with Gasteiger partial charge in [0.05, 0.1) is 12.7 Å². The molecule has 16 heavy (non-hydrogen) atoms. The number of rotatable bonds is 4. The lowest BCUT2D eigenvalue weighted by Crippen LogP contribution is -2.45. The molecule has 0 spiro atoms. The molecule has 2 atom stereocenters. The van der Waals surface area contributed by atoms with E-state index in [1.807, 2.05) is 0 Å². The van der Waals surface area contributed by atoms with Crippen LogP contribution in [0.5, 0.6) is 0 Å². The van der Waals surface area contributed by atoms with E-state index in [9.17, 15) is 4.79 Å². The summed E-state index contributed by atoms with van der Waals surface area (Å²) < 4.78 is 5.51. The minimum absolute atomic E-state index is 0.136. The zero-order valence-electron chi connectivity index (χ0n) is 9.58. The highest BCUT2D eigenvalue weighted by molar-refractivity contribution is 5.76.